The molecule has 8 heteroatoms. The zero-order valence-electron chi connectivity index (χ0n) is 10.4. The molecule has 19 heavy (non-hydrogen) atoms. The molecule has 0 aliphatic carbocycles. The summed E-state index contributed by atoms with van der Waals surface area (Å²) in [5, 5.41) is 7.89. The van der Waals surface area contributed by atoms with Gasteiger partial charge in [0.1, 0.15) is 17.8 Å². The van der Waals surface area contributed by atoms with Gasteiger partial charge in [0.2, 0.25) is 5.91 Å². The van der Waals surface area contributed by atoms with Gasteiger partial charge in [0.15, 0.2) is 0 Å². The zero-order chi connectivity index (χ0) is 14.2. The Kier molecular flexibility index (Phi) is 2.93. The Morgan fingerprint density at radius 1 is 1.32 bits per heavy atom. The predicted octanol–water partition coefficient (Wildman–Crippen LogP) is -1.35. The Bertz CT molecular complexity index is 599. The maximum absolute atomic E-state index is 12.2. The smallest absolute Gasteiger partial charge is 0.275 e. The number of hydrogen-bond acceptors (Lipinski definition) is 5. The number of imide groups is 1. The molecule has 2 rings (SSSR count). The first kappa shape index (κ1) is 12.9. The van der Waals surface area contributed by atoms with Gasteiger partial charge < -0.3 is 4.90 Å². The van der Waals surface area contributed by atoms with Gasteiger partial charge in [-0.05, 0) is 19.9 Å². The molecule has 2 heterocycles. The Morgan fingerprint density at radius 2 is 2.00 bits per heavy atom. The van der Waals surface area contributed by atoms with E-state index >= 15 is 0 Å². The molecular weight excluding hydrogens is 252 g/mol. The van der Waals surface area contributed by atoms with Gasteiger partial charge >= 0.3 is 0 Å². The van der Waals surface area contributed by atoms with Crippen molar-refractivity contribution in [2.45, 2.75) is 19.4 Å². The van der Waals surface area contributed by atoms with E-state index in [2.05, 4.69) is 15.5 Å². The van der Waals surface area contributed by atoms with Crippen molar-refractivity contribution in [1.29, 1.82) is 0 Å². The molecule has 1 saturated heterocycles. The van der Waals surface area contributed by atoms with Crippen LogP contribution in [0.2, 0.25) is 0 Å². The van der Waals surface area contributed by atoms with Gasteiger partial charge in [0.25, 0.3) is 17.4 Å². The van der Waals surface area contributed by atoms with Crippen LogP contribution in [-0.2, 0) is 9.59 Å². The summed E-state index contributed by atoms with van der Waals surface area (Å²) in [6, 6.07) is 2.40. The van der Waals surface area contributed by atoms with Crippen molar-refractivity contribution in [2.75, 3.05) is 6.54 Å². The van der Waals surface area contributed by atoms with Gasteiger partial charge in [0, 0.05) is 6.07 Å². The van der Waals surface area contributed by atoms with E-state index in [-0.39, 0.29) is 12.2 Å². The Morgan fingerprint density at radius 3 is 2.58 bits per heavy atom. The van der Waals surface area contributed by atoms with E-state index < -0.39 is 28.8 Å². The maximum Gasteiger partial charge on any atom is 0.275 e. The van der Waals surface area contributed by atoms with Crippen molar-refractivity contribution in [1.82, 2.24) is 20.4 Å². The minimum atomic E-state index is -1.16. The molecule has 0 bridgehead atoms. The number of H-pyrrole nitrogens is 1. The van der Waals surface area contributed by atoms with Gasteiger partial charge in [-0.3, -0.25) is 24.5 Å². The second-order valence-electron chi connectivity index (χ2n) is 4.63. The van der Waals surface area contributed by atoms with Crippen molar-refractivity contribution in [3.8, 4) is 0 Å². The van der Waals surface area contributed by atoms with Crippen LogP contribution in [0.1, 0.15) is 24.3 Å². The summed E-state index contributed by atoms with van der Waals surface area (Å²) >= 11 is 0. The van der Waals surface area contributed by atoms with Crippen LogP contribution in [0, 0.1) is 0 Å². The predicted molar refractivity (Wildman–Crippen MR) is 63.1 cm³/mol. The lowest BCUT2D eigenvalue weighted by molar-refractivity contribution is -0.143. The van der Waals surface area contributed by atoms with E-state index in [1.165, 1.54) is 19.9 Å². The highest BCUT2D eigenvalue weighted by molar-refractivity contribution is 6.08. The highest BCUT2D eigenvalue weighted by atomic mass is 16.2. The molecule has 0 unspecified atom stereocenters. The Labute approximate surface area is 107 Å². The third kappa shape index (κ3) is 2.24. The molecule has 0 aromatic carbocycles. The number of aromatic amines is 1. The molecule has 0 saturated carbocycles. The van der Waals surface area contributed by atoms with Crippen molar-refractivity contribution >= 4 is 17.7 Å². The van der Waals surface area contributed by atoms with E-state index in [1.54, 1.807) is 0 Å². The first-order valence-electron chi connectivity index (χ1n) is 5.54. The molecule has 1 fully saturated rings. The summed E-state index contributed by atoms with van der Waals surface area (Å²) < 4.78 is 0. The van der Waals surface area contributed by atoms with Crippen molar-refractivity contribution in [3.05, 3.63) is 28.2 Å². The maximum atomic E-state index is 12.2. The fourth-order valence-corrected chi connectivity index (χ4v) is 1.71. The summed E-state index contributed by atoms with van der Waals surface area (Å²) in [5.74, 6) is -1.70. The third-order valence-corrected chi connectivity index (χ3v) is 2.93. The van der Waals surface area contributed by atoms with Gasteiger partial charge in [-0.1, -0.05) is 0 Å². The van der Waals surface area contributed by atoms with Crippen LogP contribution in [-0.4, -0.2) is 44.9 Å². The number of carbonyl (C=O) groups excluding carboxylic acids is 3. The number of rotatable bonds is 1. The minimum absolute atomic E-state index is 0.0322. The average Bonchev–Trinajstić information content (AvgIpc) is 2.34. The summed E-state index contributed by atoms with van der Waals surface area (Å²) in [4.78, 5) is 47.3. The lowest BCUT2D eigenvalue weighted by Crippen LogP contribution is -2.65. The summed E-state index contributed by atoms with van der Waals surface area (Å²) in [6.07, 6.45) is 0. The van der Waals surface area contributed by atoms with Crippen molar-refractivity contribution in [2.24, 2.45) is 0 Å². The van der Waals surface area contributed by atoms with Crippen LogP contribution in [0.5, 0.6) is 0 Å². The number of amides is 3. The van der Waals surface area contributed by atoms with Gasteiger partial charge in [0.05, 0.1) is 0 Å². The number of nitrogens with zero attached hydrogens (tertiary/aromatic N) is 2. The Hall–Kier alpha value is -2.51. The fourth-order valence-electron chi connectivity index (χ4n) is 1.71. The zero-order valence-corrected chi connectivity index (χ0v) is 10.4. The first-order valence-corrected chi connectivity index (χ1v) is 5.54. The third-order valence-electron chi connectivity index (χ3n) is 2.93. The SMILES string of the molecule is CC1(C)C(=O)NC(=O)CN1C(=O)c1ccc(=O)[nH]n1. The molecule has 100 valence electrons. The molecule has 2 N–H and O–H groups in total. The molecule has 8 nitrogen and oxygen atoms in total. The van der Waals surface area contributed by atoms with Gasteiger partial charge in [-0.15, -0.1) is 0 Å². The molecule has 0 radical (unpaired) electrons. The van der Waals surface area contributed by atoms with Crippen LogP contribution < -0.4 is 10.9 Å². The molecule has 3 amide bonds. The largest absolute Gasteiger partial charge is 0.314 e. The van der Waals surface area contributed by atoms with Crippen LogP contribution >= 0.6 is 0 Å². The average molecular weight is 264 g/mol. The molecule has 1 aliphatic rings. The molecule has 0 spiro atoms. The summed E-state index contributed by atoms with van der Waals surface area (Å²) in [7, 11) is 0. The van der Waals surface area contributed by atoms with Crippen LogP contribution in [0.3, 0.4) is 0 Å². The molecule has 1 aromatic heterocycles. The van der Waals surface area contributed by atoms with Crippen LogP contribution in [0.15, 0.2) is 16.9 Å². The van der Waals surface area contributed by atoms with Crippen molar-refractivity contribution in [3.63, 3.8) is 0 Å². The van der Waals surface area contributed by atoms with Gasteiger partial charge in [-0.25, -0.2) is 5.10 Å². The number of aromatic nitrogens is 2. The molecule has 0 atom stereocenters. The summed E-state index contributed by atoms with van der Waals surface area (Å²) in [5.41, 5.74) is -1.64. The number of hydrogen-bond donors (Lipinski definition) is 2. The highest BCUT2D eigenvalue weighted by Crippen LogP contribution is 2.20. The topological polar surface area (TPSA) is 112 Å². The van der Waals surface area contributed by atoms with Crippen LogP contribution in [0.25, 0.3) is 0 Å². The molecule has 1 aromatic rings. The second kappa shape index (κ2) is 4.30. The van der Waals surface area contributed by atoms with Crippen molar-refractivity contribution < 1.29 is 14.4 Å². The standard InChI is InChI=1S/C11H12N4O4/c1-11(2)10(19)12-8(17)5-15(11)9(18)6-3-4-7(16)14-13-6/h3-4H,5H2,1-2H3,(H,14,16)(H,12,17,19). The second-order valence-corrected chi connectivity index (χ2v) is 4.63. The minimum Gasteiger partial charge on any atom is -0.314 e. The van der Waals surface area contributed by atoms with Crippen LogP contribution in [0.4, 0.5) is 0 Å². The Balaban J connectivity index is 2.36. The normalized spacial score (nSPS) is 18.1. The number of piperazine rings is 1. The molecule has 1 aliphatic heterocycles. The molecular formula is C11H12N4O4. The van der Waals surface area contributed by atoms with E-state index in [0.717, 1.165) is 11.0 Å². The monoisotopic (exact) mass is 264 g/mol. The van der Waals surface area contributed by atoms with E-state index in [1.807, 2.05) is 0 Å². The van der Waals surface area contributed by atoms with E-state index in [9.17, 15) is 19.2 Å². The first-order chi connectivity index (χ1) is 8.82. The lowest BCUT2D eigenvalue weighted by Gasteiger charge is -2.39. The number of carbonyl (C=O) groups is 3. The summed E-state index contributed by atoms with van der Waals surface area (Å²) in [6.45, 7) is 2.81. The van der Waals surface area contributed by atoms with E-state index in [4.69, 9.17) is 0 Å². The quantitative estimate of drug-likeness (QED) is 0.609. The van der Waals surface area contributed by atoms with Gasteiger partial charge in [-0.2, -0.15) is 5.10 Å². The van der Waals surface area contributed by atoms with E-state index in [0.29, 0.717) is 0 Å². The number of nitrogens with one attached hydrogen (secondary N) is 2. The fraction of sp³-hybridized carbons (Fsp3) is 0.364. The lowest BCUT2D eigenvalue weighted by atomic mass is 9.98. The highest BCUT2D eigenvalue weighted by Gasteiger charge is 2.44.